The number of hydrogen-bond donors (Lipinski definition) is 1. The SMILES string of the molecule is CC(C)(C)C1=NC(C(C)(C)C)=C(C(N)=O)C1. The summed E-state index contributed by atoms with van der Waals surface area (Å²) in [5.41, 5.74) is 7.86. The van der Waals surface area contributed by atoms with E-state index in [1.807, 2.05) is 0 Å². The third kappa shape index (κ3) is 2.52. The number of allylic oxidation sites excluding steroid dienone is 1. The second-order valence-corrected chi connectivity index (χ2v) is 6.43. The van der Waals surface area contributed by atoms with Gasteiger partial charge in [0.05, 0.1) is 5.70 Å². The number of carbonyl (C=O) groups is 1. The number of carbonyl (C=O) groups excluding carboxylic acids is 1. The van der Waals surface area contributed by atoms with Crippen LogP contribution in [-0.4, -0.2) is 11.6 Å². The van der Waals surface area contributed by atoms with Gasteiger partial charge in [-0.25, -0.2) is 0 Å². The van der Waals surface area contributed by atoms with Gasteiger partial charge >= 0.3 is 0 Å². The van der Waals surface area contributed by atoms with Gasteiger partial charge in [0.2, 0.25) is 5.91 Å². The Hall–Kier alpha value is -1.12. The van der Waals surface area contributed by atoms with Crippen molar-refractivity contribution in [3.63, 3.8) is 0 Å². The van der Waals surface area contributed by atoms with Crippen molar-refractivity contribution in [1.29, 1.82) is 0 Å². The minimum absolute atomic E-state index is 0.00625. The summed E-state index contributed by atoms with van der Waals surface area (Å²) in [7, 11) is 0. The lowest BCUT2D eigenvalue weighted by Crippen LogP contribution is -2.22. The highest BCUT2D eigenvalue weighted by Crippen LogP contribution is 2.38. The predicted molar refractivity (Wildman–Crippen MR) is 67.2 cm³/mol. The standard InChI is InChI=1S/C13H22N2O/c1-12(2,3)9-7-8(11(14)16)10(15-9)13(4,5)6/h7H2,1-6H3,(H2,14,16). The van der Waals surface area contributed by atoms with Gasteiger partial charge in [0.15, 0.2) is 0 Å². The molecule has 1 amide bonds. The molecule has 90 valence electrons. The number of aliphatic imine (C=N–C) groups is 1. The molecule has 0 saturated heterocycles. The highest BCUT2D eigenvalue weighted by atomic mass is 16.1. The van der Waals surface area contributed by atoms with E-state index in [0.717, 1.165) is 11.4 Å². The van der Waals surface area contributed by atoms with Crippen LogP contribution in [0.2, 0.25) is 0 Å². The van der Waals surface area contributed by atoms with Crippen molar-refractivity contribution in [2.24, 2.45) is 21.6 Å². The minimum atomic E-state index is -0.340. The fourth-order valence-electron chi connectivity index (χ4n) is 1.75. The van der Waals surface area contributed by atoms with Gasteiger partial charge in [0.1, 0.15) is 0 Å². The van der Waals surface area contributed by atoms with E-state index < -0.39 is 0 Å². The zero-order valence-electron chi connectivity index (χ0n) is 11.1. The molecule has 0 atom stereocenters. The second-order valence-electron chi connectivity index (χ2n) is 6.43. The highest BCUT2D eigenvalue weighted by Gasteiger charge is 2.33. The molecule has 0 spiro atoms. The van der Waals surface area contributed by atoms with Gasteiger partial charge in [-0.05, 0) is 0 Å². The maximum Gasteiger partial charge on any atom is 0.246 e. The number of nitrogens with zero attached hydrogens (tertiary/aromatic N) is 1. The molecule has 0 fully saturated rings. The fraction of sp³-hybridized carbons (Fsp3) is 0.692. The summed E-state index contributed by atoms with van der Waals surface area (Å²) in [4.78, 5) is 16.1. The average molecular weight is 222 g/mol. The van der Waals surface area contributed by atoms with Gasteiger partial charge in [0, 0.05) is 28.5 Å². The predicted octanol–water partition coefficient (Wildman–Crippen LogP) is 2.66. The van der Waals surface area contributed by atoms with Crippen LogP contribution in [0.25, 0.3) is 0 Å². The van der Waals surface area contributed by atoms with Gasteiger partial charge in [0.25, 0.3) is 0 Å². The van der Waals surface area contributed by atoms with E-state index >= 15 is 0 Å². The fourth-order valence-corrected chi connectivity index (χ4v) is 1.75. The molecule has 0 aliphatic carbocycles. The molecule has 0 saturated carbocycles. The Balaban J connectivity index is 3.17. The van der Waals surface area contributed by atoms with Crippen LogP contribution in [0, 0.1) is 10.8 Å². The molecule has 3 nitrogen and oxygen atoms in total. The maximum absolute atomic E-state index is 11.4. The van der Waals surface area contributed by atoms with Gasteiger partial charge < -0.3 is 5.73 Å². The first-order valence-electron chi connectivity index (χ1n) is 5.65. The lowest BCUT2D eigenvalue weighted by molar-refractivity contribution is -0.114. The van der Waals surface area contributed by atoms with E-state index in [4.69, 9.17) is 5.73 Å². The topological polar surface area (TPSA) is 55.4 Å². The normalized spacial score (nSPS) is 17.8. The molecule has 1 aliphatic rings. The van der Waals surface area contributed by atoms with Crippen LogP contribution in [0.15, 0.2) is 16.3 Å². The van der Waals surface area contributed by atoms with Gasteiger partial charge in [-0.2, -0.15) is 0 Å². The molecule has 16 heavy (non-hydrogen) atoms. The van der Waals surface area contributed by atoms with E-state index in [1.54, 1.807) is 0 Å². The van der Waals surface area contributed by atoms with Crippen molar-refractivity contribution in [1.82, 2.24) is 0 Å². The zero-order valence-corrected chi connectivity index (χ0v) is 11.1. The summed E-state index contributed by atoms with van der Waals surface area (Å²) in [6.45, 7) is 12.5. The Labute approximate surface area is 97.8 Å². The van der Waals surface area contributed by atoms with Crippen molar-refractivity contribution in [3.8, 4) is 0 Å². The van der Waals surface area contributed by atoms with Gasteiger partial charge in [-0.1, -0.05) is 41.5 Å². The maximum atomic E-state index is 11.4. The summed E-state index contributed by atoms with van der Waals surface area (Å²) < 4.78 is 0. The van der Waals surface area contributed by atoms with Crippen molar-refractivity contribution < 1.29 is 4.79 Å². The van der Waals surface area contributed by atoms with Crippen molar-refractivity contribution in [2.45, 2.75) is 48.0 Å². The number of amides is 1. The average Bonchev–Trinajstić information content (AvgIpc) is 2.44. The lowest BCUT2D eigenvalue weighted by atomic mass is 9.86. The van der Waals surface area contributed by atoms with Crippen LogP contribution < -0.4 is 5.73 Å². The second kappa shape index (κ2) is 3.72. The Morgan fingerprint density at radius 2 is 1.62 bits per heavy atom. The summed E-state index contributed by atoms with van der Waals surface area (Å²) in [5, 5.41) is 0. The summed E-state index contributed by atoms with van der Waals surface area (Å²) in [5.74, 6) is -0.340. The first-order chi connectivity index (χ1) is 7.03. The number of rotatable bonds is 1. The molecule has 0 unspecified atom stereocenters. The summed E-state index contributed by atoms with van der Waals surface area (Å²) >= 11 is 0. The largest absolute Gasteiger partial charge is 0.366 e. The molecule has 1 rings (SSSR count). The first kappa shape index (κ1) is 12.9. The van der Waals surface area contributed by atoms with E-state index in [9.17, 15) is 4.79 Å². The Kier molecular flexibility index (Phi) is 3.01. The van der Waals surface area contributed by atoms with E-state index in [0.29, 0.717) is 12.0 Å². The number of primary amides is 1. The Morgan fingerprint density at radius 3 is 1.88 bits per heavy atom. The first-order valence-corrected chi connectivity index (χ1v) is 5.65. The van der Waals surface area contributed by atoms with E-state index in [-0.39, 0.29) is 16.7 Å². The molecule has 0 radical (unpaired) electrons. The summed E-state index contributed by atoms with van der Waals surface area (Å²) in [6.07, 6.45) is 0.603. The molecule has 2 N–H and O–H groups in total. The molecule has 0 aromatic carbocycles. The molecular formula is C13H22N2O. The lowest BCUT2D eigenvalue weighted by Gasteiger charge is -2.20. The minimum Gasteiger partial charge on any atom is -0.366 e. The van der Waals surface area contributed by atoms with Gasteiger partial charge in [-0.15, -0.1) is 0 Å². The number of nitrogens with two attached hydrogens (primary N) is 1. The summed E-state index contributed by atoms with van der Waals surface area (Å²) in [6, 6.07) is 0. The highest BCUT2D eigenvalue weighted by molar-refractivity contribution is 6.05. The quantitative estimate of drug-likeness (QED) is 0.728. The van der Waals surface area contributed by atoms with Crippen molar-refractivity contribution >= 4 is 11.6 Å². The van der Waals surface area contributed by atoms with Crippen LogP contribution in [0.3, 0.4) is 0 Å². The molecule has 1 aliphatic heterocycles. The molecule has 3 heteroatoms. The molecule has 0 bridgehead atoms. The van der Waals surface area contributed by atoms with Crippen molar-refractivity contribution in [3.05, 3.63) is 11.3 Å². The number of hydrogen-bond acceptors (Lipinski definition) is 2. The van der Waals surface area contributed by atoms with E-state index in [1.165, 1.54) is 0 Å². The smallest absolute Gasteiger partial charge is 0.246 e. The van der Waals surface area contributed by atoms with Gasteiger partial charge in [-0.3, -0.25) is 9.79 Å². The van der Waals surface area contributed by atoms with E-state index in [2.05, 4.69) is 46.5 Å². The van der Waals surface area contributed by atoms with Crippen LogP contribution in [0.5, 0.6) is 0 Å². The Morgan fingerprint density at radius 1 is 1.12 bits per heavy atom. The van der Waals surface area contributed by atoms with Crippen LogP contribution in [-0.2, 0) is 4.79 Å². The van der Waals surface area contributed by atoms with Crippen LogP contribution in [0.1, 0.15) is 48.0 Å². The van der Waals surface area contributed by atoms with Crippen LogP contribution >= 0.6 is 0 Å². The molecule has 0 aromatic rings. The third-order valence-corrected chi connectivity index (χ3v) is 2.75. The third-order valence-electron chi connectivity index (χ3n) is 2.75. The Bertz CT molecular complexity index is 376. The van der Waals surface area contributed by atoms with Crippen molar-refractivity contribution in [2.75, 3.05) is 0 Å². The monoisotopic (exact) mass is 222 g/mol. The zero-order chi connectivity index (χ0) is 12.7. The van der Waals surface area contributed by atoms with Crippen LogP contribution in [0.4, 0.5) is 0 Å². The molecule has 1 heterocycles. The molecule has 0 aromatic heterocycles. The molecular weight excluding hydrogens is 200 g/mol.